The van der Waals surface area contributed by atoms with Crippen LogP contribution in [0.4, 0.5) is 0 Å². The minimum absolute atomic E-state index is 0.0760. The van der Waals surface area contributed by atoms with Crippen LogP contribution in [0.15, 0.2) is 78.1 Å². The number of piperidine rings is 2. The SMILES string of the molecule is NC1CCN(C(=O)c2ncoc2-c2ccccc2)C([C@@H](Cc2ccc(Cl)cc2)C(=O)N2CCC(Cn3cncn3)(C3CCCCC3)CC2)C1. The zero-order valence-electron chi connectivity index (χ0n) is 28.0. The maximum absolute atomic E-state index is 14.9. The summed E-state index contributed by atoms with van der Waals surface area (Å²) < 4.78 is 7.74. The molecule has 3 aliphatic rings. The third-order valence-electron chi connectivity index (χ3n) is 11.4. The quantitative estimate of drug-likeness (QED) is 0.221. The van der Waals surface area contributed by atoms with Gasteiger partial charge in [0.15, 0.2) is 17.8 Å². The van der Waals surface area contributed by atoms with Gasteiger partial charge in [0.2, 0.25) is 5.91 Å². The number of halogens is 1. The molecule has 11 heteroatoms. The average Bonchev–Trinajstić information content (AvgIpc) is 3.85. The summed E-state index contributed by atoms with van der Waals surface area (Å²) in [4.78, 5) is 41.8. The van der Waals surface area contributed by atoms with Gasteiger partial charge in [0.05, 0.1) is 5.92 Å². The van der Waals surface area contributed by atoms with Gasteiger partial charge < -0.3 is 20.0 Å². The zero-order valence-corrected chi connectivity index (χ0v) is 28.8. The van der Waals surface area contributed by atoms with Crippen LogP contribution in [0.1, 0.15) is 73.8 Å². The van der Waals surface area contributed by atoms with Gasteiger partial charge in [0, 0.05) is 48.8 Å². The van der Waals surface area contributed by atoms with E-state index in [-0.39, 0.29) is 29.0 Å². The smallest absolute Gasteiger partial charge is 0.276 e. The van der Waals surface area contributed by atoms with Crippen molar-refractivity contribution in [3.63, 3.8) is 0 Å². The Morgan fingerprint density at radius 1 is 0.980 bits per heavy atom. The van der Waals surface area contributed by atoms with E-state index < -0.39 is 12.0 Å². The van der Waals surface area contributed by atoms with Crippen molar-refractivity contribution in [1.82, 2.24) is 29.5 Å². The number of hydrogen-bond donors (Lipinski definition) is 1. The molecule has 10 nitrogen and oxygen atoms in total. The lowest BCUT2D eigenvalue weighted by molar-refractivity contribution is -0.141. The predicted octanol–water partition coefficient (Wildman–Crippen LogP) is 6.27. The molecule has 2 aromatic heterocycles. The van der Waals surface area contributed by atoms with Crippen molar-refractivity contribution in [2.45, 2.75) is 82.8 Å². The van der Waals surface area contributed by atoms with Crippen LogP contribution in [0.3, 0.4) is 0 Å². The normalized spacial score (nSPS) is 22.2. The number of carbonyl (C=O) groups excluding carboxylic acids is 2. The molecule has 1 aliphatic carbocycles. The Morgan fingerprint density at radius 2 is 1.73 bits per heavy atom. The van der Waals surface area contributed by atoms with Gasteiger partial charge in [-0.2, -0.15) is 5.10 Å². The van der Waals surface area contributed by atoms with Crippen molar-refractivity contribution in [1.29, 1.82) is 0 Å². The highest BCUT2D eigenvalue weighted by molar-refractivity contribution is 6.30. The third-order valence-corrected chi connectivity index (χ3v) is 11.6. The predicted molar refractivity (Wildman–Crippen MR) is 187 cm³/mol. The summed E-state index contributed by atoms with van der Waals surface area (Å²) in [6.45, 7) is 2.62. The fourth-order valence-corrected chi connectivity index (χ4v) is 8.83. The Labute approximate surface area is 293 Å². The first-order valence-corrected chi connectivity index (χ1v) is 18.2. The molecule has 3 fully saturated rings. The van der Waals surface area contributed by atoms with Crippen LogP contribution >= 0.6 is 11.6 Å². The van der Waals surface area contributed by atoms with Crippen molar-refractivity contribution in [3.05, 3.63) is 89.9 Å². The summed E-state index contributed by atoms with van der Waals surface area (Å²) in [6, 6.07) is 16.7. The van der Waals surface area contributed by atoms with Gasteiger partial charge in [-0.15, -0.1) is 0 Å². The Hall–Kier alpha value is -4.02. The van der Waals surface area contributed by atoms with Crippen molar-refractivity contribution in [2.75, 3.05) is 19.6 Å². The number of rotatable bonds is 9. The van der Waals surface area contributed by atoms with E-state index in [0.717, 1.165) is 30.5 Å². The van der Waals surface area contributed by atoms with E-state index in [0.29, 0.717) is 55.6 Å². The van der Waals surface area contributed by atoms with E-state index in [9.17, 15) is 9.59 Å². The summed E-state index contributed by atoms with van der Waals surface area (Å²) in [5, 5.41) is 5.12. The average molecular weight is 684 g/mol. The van der Waals surface area contributed by atoms with Crippen molar-refractivity contribution >= 4 is 23.4 Å². The molecule has 2 aliphatic heterocycles. The lowest BCUT2D eigenvalue weighted by Gasteiger charge is -2.49. The Kier molecular flexibility index (Phi) is 10.1. The van der Waals surface area contributed by atoms with Crippen LogP contribution in [0.5, 0.6) is 0 Å². The highest BCUT2D eigenvalue weighted by Crippen LogP contribution is 2.47. The molecule has 7 rings (SSSR count). The number of nitrogens with two attached hydrogens (primary N) is 1. The van der Waals surface area contributed by atoms with Crippen LogP contribution in [0, 0.1) is 17.3 Å². The molecule has 4 heterocycles. The second-order valence-electron chi connectivity index (χ2n) is 14.3. The highest BCUT2D eigenvalue weighted by Gasteiger charge is 2.46. The third kappa shape index (κ3) is 7.31. The summed E-state index contributed by atoms with van der Waals surface area (Å²) >= 11 is 6.26. The van der Waals surface area contributed by atoms with Crippen LogP contribution in [-0.2, 0) is 17.8 Å². The zero-order chi connectivity index (χ0) is 33.8. The molecule has 3 atom stereocenters. The summed E-state index contributed by atoms with van der Waals surface area (Å²) in [7, 11) is 0. The van der Waals surface area contributed by atoms with Crippen LogP contribution in [0.25, 0.3) is 11.3 Å². The largest absolute Gasteiger partial charge is 0.443 e. The molecule has 0 bridgehead atoms. The second-order valence-corrected chi connectivity index (χ2v) is 14.7. The topological polar surface area (TPSA) is 123 Å². The van der Waals surface area contributed by atoms with Gasteiger partial charge >= 0.3 is 0 Å². The number of hydrogen-bond acceptors (Lipinski definition) is 7. The number of nitrogens with zero attached hydrogens (tertiary/aromatic N) is 6. The van der Waals surface area contributed by atoms with Crippen LogP contribution in [0.2, 0.25) is 5.02 Å². The van der Waals surface area contributed by atoms with Gasteiger partial charge in [-0.3, -0.25) is 14.3 Å². The molecule has 49 heavy (non-hydrogen) atoms. The standard InChI is InChI=1S/C38H46ClN7O3/c39-30-13-11-27(12-14-30)21-32(33-22-31(40)15-18-46(33)37(48)34-35(49-26-42-34)28-7-3-1-4-8-28)36(47)44-19-16-38(17-20-44,23-45-25-41-24-43-45)29-9-5-2-6-10-29/h1,3-4,7-8,11-14,24-26,29,31-33H,2,5-6,9-10,15-23,40H2/t31?,32-,33?/m1/s1. The van der Waals surface area contributed by atoms with E-state index in [1.54, 1.807) is 6.33 Å². The number of oxazole rings is 1. The molecule has 4 aromatic rings. The fourth-order valence-electron chi connectivity index (χ4n) is 8.71. The molecule has 258 valence electrons. The van der Waals surface area contributed by atoms with E-state index in [2.05, 4.69) is 20.0 Å². The second kappa shape index (κ2) is 14.8. The lowest BCUT2D eigenvalue weighted by Crippen LogP contribution is -2.58. The number of benzene rings is 2. The van der Waals surface area contributed by atoms with Crippen molar-refractivity contribution < 1.29 is 14.0 Å². The molecule has 2 unspecified atom stereocenters. The molecule has 2 aromatic carbocycles. The maximum atomic E-state index is 14.9. The maximum Gasteiger partial charge on any atom is 0.276 e. The summed E-state index contributed by atoms with van der Waals surface area (Å²) in [5.74, 6) is 0.399. The number of carbonyl (C=O) groups is 2. The van der Waals surface area contributed by atoms with Crippen LogP contribution in [-0.4, -0.2) is 73.1 Å². The van der Waals surface area contributed by atoms with E-state index in [1.807, 2.05) is 70.5 Å². The molecule has 0 spiro atoms. The minimum Gasteiger partial charge on any atom is -0.443 e. The van der Waals surface area contributed by atoms with Crippen molar-refractivity contribution in [3.8, 4) is 11.3 Å². The molecule has 2 saturated heterocycles. The van der Waals surface area contributed by atoms with E-state index in [4.69, 9.17) is 21.8 Å². The monoisotopic (exact) mass is 683 g/mol. The number of aromatic nitrogens is 4. The van der Waals surface area contributed by atoms with Gasteiger partial charge in [-0.05, 0) is 74.0 Å². The van der Waals surface area contributed by atoms with Crippen LogP contribution < -0.4 is 5.73 Å². The number of amides is 2. The van der Waals surface area contributed by atoms with Gasteiger partial charge in [-0.1, -0.05) is 73.3 Å². The first-order valence-electron chi connectivity index (χ1n) is 17.8. The molecular weight excluding hydrogens is 638 g/mol. The molecular formula is C38H46ClN7O3. The Balaban J connectivity index is 1.17. The first-order chi connectivity index (χ1) is 23.9. The van der Waals surface area contributed by atoms with Gasteiger partial charge in [-0.25, -0.2) is 9.97 Å². The molecule has 1 saturated carbocycles. The van der Waals surface area contributed by atoms with Crippen molar-refractivity contribution in [2.24, 2.45) is 23.0 Å². The minimum atomic E-state index is -0.485. The lowest BCUT2D eigenvalue weighted by atomic mass is 9.63. The fraction of sp³-hybridized carbons (Fsp3) is 0.500. The van der Waals surface area contributed by atoms with Gasteiger partial charge in [0.25, 0.3) is 5.91 Å². The first kappa shape index (κ1) is 33.5. The summed E-state index contributed by atoms with van der Waals surface area (Å²) in [5.41, 5.74) is 8.73. The summed E-state index contributed by atoms with van der Waals surface area (Å²) in [6.07, 6.45) is 14.5. The van der Waals surface area contributed by atoms with Gasteiger partial charge in [0.1, 0.15) is 12.7 Å². The van der Waals surface area contributed by atoms with E-state index >= 15 is 0 Å². The Bertz CT molecular complexity index is 1680. The Morgan fingerprint density at radius 3 is 2.45 bits per heavy atom. The van der Waals surface area contributed by atoms with E-state index in [1.165, 1.54) is 38.5 Å². The molecule has 0 radical (unpaired) electrons. The molecule has 2 amide bonds. The molecule has 2 N–H and O–H groups in total. The highest BCUT2D eigenvalue weighted by atomic mass is 35.5. The number of likely N-dealkylation sites (tertiary alicyclic amines) is 2.